The molecule has 1 fully saturated rings. The van der Waals surface area contributed by atoms with Gasteiger partial charge in [0.1, 0.15) is 5.75 Å². The van der Waals surface area contributed by atoms with Crippen LogP contribution in [-0.2, 0) is 4.74 Å². The van der Waals surface area contributed by atoms with Gasteiger partial charge in [-0.25, -0.2) is 0 Å². The van der Waals surface area contributed by atoms with Gasteiger partial charge >= 0.3 is 0 Å². The predicted octanol–water partition coefficient (Wildman–Crippen LogP) is 3.55. The summed E-state index contributed by atoms with van der Waals surface area (Å²) in [6, 6.07) is 8.70. The van der Waals surface area contributed by atoms with Gasteiger partial charge in [-0.2, -0.15) is 0 Å². The highest BCUT2D eigenvalue weighted by molar-refractivity contribution is 5.30. The van der Waals surface area contributed by atoms with Gasteiger partial charge < -0.3 is 14.8 Å². The Labute approximate surface area is 122 Å². The van der Waals surface area contributed by atoms with E-state index in [9.17, 15) is 0 Å². The van der Waals surface area contributed by atoms with Crippen molar-refractivity contribution in [3.05, 3.63) is 29.8 Å². The Kier molecular flexibility index (Phi) is 5.86. The largest absolute Gasteiger partial charge is 0.493 e. The molecule has 112 valence electrons. The minimum atomic E-state index is 0.321. The molecule has 1 aromatic rings. The highest BCUT2D eigenvalue weighted by Crippen LogP contribution is 2.20. The van der Waals surface area contributed by atoms with Crippen molar-refractivity contribution in [1.82, 2.24) is 5.32 Å². The number of benzene rings is 1. The molecule has 1 saturated heterocycles. The third-order valence-corrected chi connectivity index (χ3v) is 3.62. The van der Waals surface area contributed by atoms with Crippen molar-refractivity contribution in [2.45, 2.75) is 45.8 Å². The van der Waals surface area contributed by atoms with Gasteiger partial charge in [0.25, 0.3) is 0 Å². The summed E-state index contributed by atoms with van der Waals surface area (Å²) >= 11 is 0. The van der Waals surface area contributed by atoms with E-state index in [-0.39, 0.29) is 0 Å². The highest BCUT2D eigenvalue weighted by atomic mass is 16.5. The maximum absolute atomic E-state index is 5.78. The average Bonchev–Trinajstić information content (AvgIpc) is 2.96. The Balaban J connectivity index is 1.84. The maximum Gasteiger partial charge on any atom is 0.119 e. The van der Waals surface area contributed by atoms with E-state index >= 15 is 0 Å². The second-order valence-electron chi connectivity index (χ2n) is 6.04. The van der Waals surface area contributed by atoms with Crippen LogP contribution < -0.4 is 10.1 Å². The van der Waals surface area contributed by atoms with Gasteiger partial charge in [-0.1, -0.05) is 26.0 Å². The molecular weight excluding hydrogens is 250 g/mol. The van der Waals surface area contributed by atoms with Gasteiger partial charge in [-0.15, -0.1) is 0 Å². The van der Waals surface area contributed by atoms with Gasteiger partial charge in [-0.05, 0) is 43.4 Å². The van der Waals surface area contributed by atoms with E-state index in [0.29, 0.717) is 18.1 Å². The van der Waals surface area contributed by atoms with Crippen molar-refractivity contribution in [2.24, 2.45) is 5.92 Å². The normalized spacial score (nSPS) is 20.3. The fourth-order valence-electron chi connectivity index (χ4n) is 2.37. The third kappa shape index (κ3) is 4.80. The molecule has 0 amide bonds. The van der Waals surface area contributed by atoms with Crippen molar-refractivity contribution in [2.75, 3.05) is 19.8 Å². The van der Waals surface area contributed by atoms with Gasteiger partial charge in [0.15, 0.2) is 0 Å². The first-order valence-corrected chi connectivity index (χ1v) is 7.73. The monoisotopic (exact) mass is 277 g/mol. The van der Waals surface area contributed by atoms with Crippen LogP contribution >= 0.6 is 0 Å². The summed E-state index contributed by atoms with van der Waals surface area (Å²) in [7, 11) is 0. The summed E-state index contributed by atoms with van der Waals surface area (Å²) in [4.78, 5) is 0. The summed E-state index contributed by atoms with van der Waals surface area (Å²) in [6.45, 7) is 9.13. The molecule has 0 aromatic heterocycles. The predicted molar refractivity (Wildman–Crippen MR) is 82.2 cm³/mol. The number of nitrogens with one attached hydrogen (secondary N) is 1. The lowest BCUT2D eigenvalue weighted by molar-refractivity contribution is 0.108. The summed E-state index contributed by atoms with van der Waals surface area (Å²) < 4.78 is 11.4. The fourth-order valence-corrected chi connectivity index (χ4v) is 2.37. The minimum absolute atomic E-state index is 0.321. The number of hydrogen-bond acceptors (Lipinski definition) is 3. The van der Waals surface area contributed by atoms with Crippen LogP contribution in [0.2, 0.25) is 0 Å². The molecule has 1 aliphatic heterocycles. The van der Waals surface area contributed by atoms with E-state index in [2.05, 4.69) is 44.3 Å². The number of hydrogen-bond donors (Lipinski definition) is 1. The Bertz CT molecular complexity index is 400. The van der Waals surface area contributed by atoms with Crippen molar-refractivity contribution in [1.29, 1.82) is 0 Å². The van der Waals surface area contributed by atoms with E-state index in [1.54, 1.807) is 0 Å². The molecule has 0 spiro atoms. The van der Waals surface area contributed by atoms with E-state index < -0.39 is 0 Å². The van der Waals surface area contributed by atoms with Crippen LogP contribution in [0.4, 0.5) is 0 Å². The Morgan fingerprint density at radius 2 is 2.20 bits per heavy atom. The second-order valence-corrected chi connectivity index (χ2v) is 6.04. The molecule has 1 aromatic carbocycles. The standard InChI is InChI=1S/C17H27NO2/c1-13(2)12-20-16-7-4-6-15(10-16)14(3)18-11-17-8-5-9-19-17/h4,6-7,10,13-14,17-18H,5,8-9,11-12H2,1-3H3/t14-,17-/m0/s1. The second kappa shape index (κ2) is 7.65. The topological polar surface area (TPSA) is 30.5 Å². The molecule has 1 N–H and O–H groups in total. The van der Waals surface area contributed by atoms with Gasteiger partial charge in [0, 0.05) is 19.2 Å². The van der Waals surface area contributed by atoms with E-state index in [4.69, 9.17) is 9.47 Å². The Morgan fingerprint density at radius 3 is 2.90 bits per heavy atom. The first-order valence-electron chi connectivity index (χ1n) is 7.73. The van der Waals surface area contributed by atoms with Crippen LogP contribution in [0.25, 0.3) is 0 Å². The van der Waals surface area contributed by atoms with Crippen LogP contribution in [0.1, 0.15) is 45.2 Å². The van der Waals surface area contributed by atoms with Crippen molar-refractivity contribution in [3.8, 4) is 5.75 Å². The van der Waals surface area contributed by atoms with Gasteiger partial charge in [0.2, 0.25) is 0 Å². The minimum Gasteiger partial charge on any atom is -0.493 e. The third-order valence-electron chi connectivity index (χ3n) is 3.62. The van der Waals surface area contributed by atoms with Crippen LogP contribution in [0, 0.1) is 5.92 Å². The molecule has 0 bridgehead atoms. The highest BCUT2D eigenvalue weighted by Gasteiger charge is 2.16. The SMILES string of the molecule is CC(C)COc1cccc([C@H](C)NC[C@@H]2CCCO2)c1. The Hall–Kier alpha value is -1.06. The molecule has 1 aliphatic rings. The molecule has 20 heavy (non-hydrogen) atoms. The molecule has 1 heterocycles. The van der Waals surface area contributed by atoms with E-state index in [0.717, 1.165) is 25.5 Å². The molecule has 0 radical (unpaired) electrons. The lowest BCUT2D eigenvalue weighted by Crippen LogP contribution is -2.28. The lowest BCUT2D eigenvalue weighted by Gasteiger charge is -2.18. The summed E-state index contributed by atoms with van der Waals surface area (Å²) in [5, 5.41) is 3.55. The van der Waals surface area contributed by atoms with Crippen molar-refractivity contribution >= 4 is 0 Å². The zero-order valence-electron chi connectivity index (χ0n) is 12.9. The van der Waals surface area contributed by atoms with E-state index in [1.807, 2.05) is 6.07 Å². The molecule has 2 rings (SSSR count). The molecule has 0 saturated carbocycles. The first-order chi connectivity index (χ1) is 9.65. The fraction of sp³-hybridized carbons (Fsp3) is 0.647. The molecule has 0 unspecified atom stereocenters. The summed E-state index contributed by atoms with van der Waals surface area (Å²) in [5.41, 5.74) is 1.27. The quantitative estimate of drug-likeness (QED) is 0.826. The number of rotatable bonds is 7. The molecular formula is C17H27NO2. The van der Waals surface area contributed by atoms with Crippen LogP contribution in [-0.4, -0.2) is 25.9 Å². The van der Waals surface area contributed by atoms with Gasteiger partial charge in [0.05, 0.1) is 12.7 Å². The van der Waals surface area contributed by atoms with Crippen LogP contribution in [0.3, 0.4) is 0 Å². The average molecular weight is 277 g/mol. The summed E-state index contributed by atoms with van der Waals surface area (Å²) in [6.07, 6.45) is 2.76. The molecule has 0 aliphatic carbocycles. The first kappa shape index (κ1) is 15.3. The number of ether oxygens (including phenoxy) is 2. The van der Waals surface area contributed by atoms with Crippen molar-refractivity contribution in [3.63, 3.8) is 0 Å². The van der Waals surface area contributed by atoms with Gasteiger partial charge in [-0.3, -0.25) is 0 Å². The maximum atomic E-state index is 5.78. The van der Waals surface area contributed by atoms with Crippen LogP contribution in [0.5, 0.6) is 5.75 Å². The van der Waals surface area contributed by atoms with Crippen molar-refractivity contribution < 1.29 is 9.47 Å². The molecule has 2 atom stereocenters. The molecule has 3 nitrogen and oxygen atoms in total. The zero-order chi connectivity index (χ0) is 14.4. The summed E-state index contributed by atoms with van der Waals surface area (Å²) in [5.74, 6) is 1.51. The Morgan fingerprint density at radius 1 is 1.35 bits per heavy atom. The van der Waals surface area contributed by atoms with Crippen LogP contribution in [0.15, 0.2) is 24.3 Å². The lowest BCUT2D eigenvalue weighted by atomic mass is 10.1. The smallest absolute Gasteiger partial charge is 0.119 e. The van der Waals surface area contributed by atoms with E-state index in [1.165, 1.54) is 18.4 Å². The zero-order valence-corrected chi connectivity index (χ0v) is 12.9. The molecule has 3 heteroatoms.